The fourth-order valence-corrected chi connectivity index (χ4v) is 2.79. The molecule has 0 aromatic carbocycles. The summed E-state index contributed by atoms with van der Waals surface area (Å²) >= 11 is 0. The van der Waals surface area contributed by atoms with Crippen LogP contribution in [0.2, 0.25) is 0 Å². The molecule has 0 bridgehead atoms. The zero-order valence-corrected chi connectivity index (χ0v) is 12.3. The molecule has 1 atom stereocenters. The van der Waals surface area contributed by atoms with Gasteiger partial charge in [0.25, 0.3) is 0 Å². The molecule has 2 aromatic heterocycles. The third kappa shape index (κ3) is 3.57. The highest BCUT2D eigenvalue weighted by atomic mass is 15.2. The van der Waals surface area contributed by atoms with E-state index in [1.807, 2.05) is 12.3 Å². The van der Waals surface area contributed by atoms with Crippen molar-refractivity contribution in [2.24, 2.45) is 0 Å². The van der Waals surface area contributed by atoms with E-state index in [1.165, 1.54) is 5.56 Å². The average molecular weight is 294 g/mol. The van der Waals surface area contributed by atoms with Gasteiger partial charge in [-0.15, -0.1) is 0 Å². The number of likely N-dealkylation sites (tertiary alicyclic amines) is 1. The molecule has 6 heteroatoms. The van der Waals surface area contributed by atoms with E-state index in [0.29, 0.717) is 11.5 Å². The zero-order valence-electron chi connectivity index (χ0n) is 12.3. The summed E-state index contributed by atoms with van der Waals surface area (Å²) in [6.07, 6.45) is 9.05. The van der Waals surface area contributed by atoms with Crippen molar-refractivity contribution in [1.82, 2.24) is 19.9 Å². The number of hydrogen-bond acceptors (Lipinski definition) is 6. The van der Waals surface area contributed by atoms with Gasteiger partial charge in [-0.3, -0.25) is 9.88 Å². The predicted molar refractivity (Wildman–Crippen MR) is 82.9 cm³/mol. The van der Waals surface area contributed by atoms with Crippen LogP contribution in [0.4, 0.5) is 5.82 Å². The number of rotatable bonds is 4. The molecular weight excluding hydrogens is 276 g/mol. The van der Waals surface area contributed by atoms with Gasteiger partial charge in [0.15, 0.2) is 11.5 Å². The maximum absolute atomic E-state index is 9.08. The van der Waals surface area contributed by atoms with Crippen LogP contribution in [0, 0.1) is 11.3 Å². The van der Waals surface area contributed by atoms with E-state index >= 15 is 0 Å². The number of anilines is 1. The topological polar surface area (TPSA) is 77.7 Å². The monoisotopic (exact) mass is 294 g/mol. The molecule has 1 fully saturated rings. The molecule has 1 saturated heterocycles. The minimum absolute atomic E-state index is 0.286. The number of nitrogens with one attached hydrogen (secondary N) is 1. The summed E-state index contributed by atoms with van der Waals surface area (Å²) < 4.78 is 0. The van der Waals surface area contributed by atoms with Crippen molar-refractivity contribution in [3.05, 3.63) is 48.2 Å². The molecule has 1 aliphatic rings. The smallest absolute Gasteiger partial charge is 0.182 e. The number of nitriles is 1. The molecule has 0 amide bonds. The summed E-state index contributed by atoms with van der Waals surface area (Å²) in [5, 5.41) is 12.4. The average Bonchev–Trinajstić information content (AvgIpc) is 2.57. The Balaban J connectivity index is 1.62. The Morgan fingerprint density at radius 2 is 2.23 bits per heavy atom. The van der Waals surface area contributed by atoms with Crippen LogP contribution in [-0.2, 0) is 6.54 Å². The molecule has 0 spiro atoms. The number of pyridine rings is 1. The van der Waals surface area contributed by atoms with Gasteiger partial charge in [0.05, 0.1) is 0 Å². The summed E-state index contributed by atoms with van der Waals surface area (Å²) in [5.74, 6) is 0.582. The lowest BCUT2D eigenvalue weighted by Gasteiger charge is -2.33. The third-order valence-corrected chi connectivity index (χ3v) is 3.78. The Kier molecular flexibility index (Phi) is 4.56. The first-order chi connectivity index (χ1) is 10.8. The molecule has 1 unspecified atom stereocenters. The van der Waals surface area contributed by atoms with E-state index in [4.69, 9.17) is 5.26 Å². The van der Waals surface area contributed by atoms with Crippen LogP contribution in [0.1, 0.15) is 24.1 Å². The Hall–Kier alpha value is -2.52. The zero-order chi connectivity index (χ0) is 15.2. The lowest BCUT2D eigenvalue weighted by Crippen LogP contribution is -2.41. The van der Waals surface area contributed by atoms with Gasteiger partial charge in [-0.2, -0.15) is 5.26 Å². The van der Waals surface area contributed by atoms with Crippen LogP contribution < -0.4 is 5.32 Å². The maximum Gasteiger partial charge on any atom is 0.182 e. The molecule has 22 heavy (non-hydrogen) atoms. The van der Waals surface area contributed by atoms with Gasteiger partial charge in [0.1, 0.15) is 6.07 Å². The van der Waals surface area contributed by atoms with Crippen molar-refractivity contribution in [1.29, 1.82) is 5.26 Å². The van der Waals surface area contributed by atoms with Crippen LogP contribution in [0.5, 0.6) is 0 Å². The van der Waals surface area contributed by atoms with Crippen LogP contribution in [0.15, 0.2) is 36.9 Å². The summed E-state index contributed by atoms with van der Waals surface area (Å²) in [6.45, 7) is 2.91. The fraction of sp³-hybridized carbons (Fsp3) is 0.375. The minimum Gasteiger partial charge on any atom is -0.364 e. The van der Waals surface area contributed by atoms with Crippen molar-refractivity contribution in [2.45, 2.75) is 25.4 Å². The van der Waals surface area contributed by atoms with Crippen LogP contribution in [0.3, 0.4) is 0 Å². The first-order valence-corrected chi connectivity index (χ1v) is 7.44. The molecule has 1 N–H and O–H groups in total. The quantitative estimate of drug-likeness (QED) is 0.926. The van der Waals surface area contributed by atoms with Crippen LogP contribution >= 0.6 is 0 Å². The van der Waals surface area contributed by atoms with E-state index < -0.39 is 0 Å². The second kappa shape index (κ2) is 6.96. The number of hydrogen-bond donors (Lipinski definition) is 1. The molecule has 0 aliphatic carbocycles. The Labute approximate surface area is 129 Å². The van der Waals surface area contributed by atoms with Crippen LogP contribution in [-0.4, -0.2) is 39.0 Å². The highest BCUT2D eigenvalue weighted by Gasteiger charge is 2.21. The third-order valence-electron chi connectivity index (χ3n) is 3.78. The van der Waals surface area contributed by atoms with Gasteiger partial charge >= 0.3 is 0 Å². The highest BCUT2D eigenvalue weighted by Crippen LogP contribution is 2.17. The van der Waals surface area contributed by atoms with E-state index in [2.05, 4.69) is 37.3 Å². The first kappa shape index (κ1) is 14.4. The van der Waals surface area contributed by atoms with Gasteiger partial charge in [0, 0.05) is 43.9 Å². The largest absolute Gasteiger partial charge is 0.364 e. The van der Waals surface area contributed by atoms with Crippen molar-refractivity contribution in [3.8, 4) is 6.07 Å². The molecular formula is C16H18N6. The minimum atomic E-state index is 0.286. The highest BCUT2D eigenvalue weighted by molar-refractivity contribution is 5.47. The summed E-state index contributed by atoms with van der Waals surface area (Å²) in [6, 6.07) is 6.43. The van der Waals surface area contributed by atoms with Crippen molar-refractivity contribution in [3.63, 3.8) is 0 Å². The summed E-state index contributed by atoms with van der Waals surface area (Å²) in [5.41, 5.74) is 1.58. The molecule has 0 saturated carbocycles. The summed E-state index contributed by atoms with van der Waals surface area (Å²) in [7, 11) is 0. The van der Waals surface area contributed by atoms with Gasteiger partial charge in [-0.05, 0) is 31.0 Å². The molecule has 112 valence electrons. The first-order valence-electron chi connectivity index (χ1n) is 7.44. The van der Waals surface area contributed by atoms with Crippen molar-refractivity contribution in [2.75, 3.05) is 18.4 Å². The predicted octanol–water partition coefficient (Wildman–Crippen LogP) is 1.82. The van der Waals surface area contributed by atoms with Gasteiger partial charge in [0.2, 0.25) is 0 Å². The van der Waals surface area contributed by atoms with E-state index in [1.54, 1.807) is 18.6 Å². The number of aromatic nitrogens is 3. The molecule has 6 nitrogen and oxygen atoms in total. The molecule has 3 heterocycles. The summed E-state index contributed by atoms with van der Waals surface area (Å²) in [4.78, 5) is 14.8. The second-order valence-corrected chi connectivity index (χ2v) is 5.45. The Bertz CT molecular complexity index is 651. The van der Waals surface area contributed by atoms with E-state index in [0.717, 1.165) is 32.5 Å². The lowest BCUT2D eigenvalue weighted by atomic mass is 10.0. The molecule has 0 radical (unpaired) electrons. The van der Waals surface area contributed by atoms with Gasteiger partial charge in [-0.1, -0.05) is 6.07 Å². The van der Waals surface area contributed by atoms with Crippen molar-refractivity contribution < 1.29 is 0 Å². The fourth-order valence-electron chi connectivity index (χ4n) is 2.79. The van der Waals surface area contributed by atoms with Gasteiger partial charge < -0.3 is 5.32 Å². The molecule has 2 aromatic rings. The van der Waals surface area contributed by atoms with E-state index in [-0.39, 0.29) is 6.04 Å². The lowest BCUT2D eigenvalue weighted by molar-refractivity contribution is 0.208. The van der Waals surface area contributed by atoms with Gasteiger partial charge in [-0.25, -0.2) is 9.97 Å². The SMILES string of the molecule is N#Cc1nccnc1NC1CCCN(Cc2cccnc2)C1. The van der Waals surface area contributed by atoms with Crippen LogP contribution in [0.25, 0.3) is 0 Å². The second-order valence-electron chi connectivity index (χ2n) is 5.45. The standard InChI is InChI=1S/C16H18N6/c17-9-15-16(20-7-6-19-15)21-14-4-2-8-22(12-14)11-13-3-1-5-18-10-13/h1,3,5-7,10,14H,2,4,8,11-12H2,(H,20,21). The molecule has 1 aliphatic heterocycles. The number of nitrogens with zero attached hydrogens (tertiary/aromatic N) is 5. The Morgan fingerprint density at radius 3 is 3.05 bits per heavy atom. The molecule has 3 rings (SSSR count). The van der Waals surface area contributed by atoms with E-state index in [9.17, 15) is 0 Å². The maximum atomic E-state index is 9.08. The Morgan fingerprint density at radius 1 is 1.32 bits per heavy atom. The van der Waals surface area contributed by atoms with Crippen molar-refractivity contribution >= 4 is 5.82 Å². The number of piperidine rings is 1. The normalized spacial score (nSPS) is 18.6.